The number of likely N-dealkylation sites (N-methyl/N-ethyl adjacent to an activating group) is 1. The number of aryl methyl sites for hydroxylation is 1. The van der Waals surface area contributed by atoms with Crippen molar-refractivity contribution < 1.29 is 13.2 Å². The molecule has 6 nitrogen and oxygen atoms in total. The summed E-state index contributed by atoms with van der Waals surface area (Å²) in [7, 11) is -3.46. The third-order valence-electron chi connectivity index (χ3n) is 4.33. The van der Waals surface area contributed by atoms with Crippen LogP contribution < -0.4 is 10.6 Å². The van der Waals surface area contributed by atoms with Crippen LogP contribution in [0.1, 0.15) is 25.3 Å². The van der Waals surface area contributed by atoms with Gasteiger partial charge < -0.3 is 10.6 Å². The number of carbonyl (C=O) groups is 1. The first-order valence-corrected chi connectivity index (χ1v) is 9.94. The van der Waals surface area contributed by atoms with Gasteiger partial charge in [0.15, 0.2) is 0 Å². The molecule has 0 aliphatic carbocycles. The van der Waals surface area contributed by atoms with Crippen LogP contribution in [0.25, 0.3) is 0 Å². The van der Waals surface area contributed by atoms with Gasteiger partial charge in [-0.25, -0.2) is 8.42 Å². The normalized spacial score (nSPS) is 16.2. The lowest BCUT2D eigenvalue weighted by molar-refractivity contribution is -0.126. The van der Waals surface area contributed by atoms with Crippen LogP contribution in [0.15, 0.2) is 29.2 Å². The molecule has 142 valence electrons. The third-order valence-corrected chi connectivity index (χ3v) is 6.25. The van der Waals surface area contributed by atoms with Crippen molar-refractivity contribution in [3.05, 3.63) is 29.8 Å². The summed E-state index contributed by atoms with van der Waals surface area (Å²) < 4.78 is 26.8. The predicted molar refractivity (Wildman–Crippen MR) is 101 cm³/mol. The van der Waals surface area contributed by atoms with Gasteiger partial charge in [-0.15, -0.1) is 12.4 Å². The second-order valence-corrected chi connectivity index (χ2v) is 8.07. The van der Waals surface area contributed by atoms with E-state index in [2.05, 4.69) is 10.6 Å². The number of halogens is 1. The molecular weight excluding hydrogens is 362 g/mol. The van der Waals surface area contributed by atoms with Crippen molar-refractivity contribution in [1.29, 1.82) is 0 Å². The first-order chi connectivity index (χ1) is 11.4. The van der Waals surface area contributed by atoms with Crippen LogP contribution >= 0.6 is 12.4 Å². The third kappa shape index (κ3) is 5.95. The average molecular weight is 390 g/mol. The Labute approximate surface area is 156 Å². The number of hydrogen-bond acceptors (Lipinski definition) is 4. The smallest absolute Gasteiger partial charge is 0.243 e. The zero-order valence-electron chi connectivity index (χ0n) is 14.8. The number of sulfonamides is 1. The monoisotopic (exact) mass is 389 g/mol. The maximum absolute atomic E-state index is 12.6. The van der Waals surface area contributed by atoms with Crippen molar-refractivity contribution in [3.8, 4) is 0 Å². The Balaban J connectivity index is 0.00000312. The minimum absolute atomic E-state index is 0. The summed E-state index contributed by atoms with van der Waals surface area (Å²) in [5, 5.41) is 6.06. The number of nitrogens with one attached hydrogen (secondary N) is 2. The Bertz CT molecular complexity index is 642. The molecule has 0 unspecified atom stereocenters. The summed E-state index contributed by atoms with van der Waals surface area (Å²) in [4.78, 5) is 12.4. The van der Waals surface area contributed by atoms with Crippen molar-refractivity contribution >= 4 is 28.3 Å². The molecule has 1 fully saturated rings. The van der Waals surface area contributed by atoms with E-state index >= 15 is 0 Å². The van der Waals surface area contributed by atoms with Gasteiger partial charge in [-0.2, -0.15) is 4.31 Å². The molecule has 1 heterocycles. The molecule has 2 N–H and O–H groups in total. The molecule has 25 heavy (non-hydrogen) atoms. The Morgan fingerprint density at radius 2 is 1.76 bits per heavy atom. The second kappa shape index (κ2) is 10.1. The van der Waals surface area contributed by atoms with Gasteiger partial charge in [0, 0.05) is 32.1 Å². The van der Waals surface area contributed by atoms with Crippen LogP contribution in [0.3, 0.4) is 0 Å². The highest BCUT2D eigenvalue weighted by atomic mass is 35.5. The molecule has 0 aromatic heterocycles. The van der Waals surface area contributed by atoms with Crippen molar-refractivity contribution in [2.24, 2.45) is 5.92 Å². The van der Waals surface area contributed by atoms with Gasteiger partial charge in [0.05, 0.1) is 4.90 Å². The predicted octanol–water partition coefficient (Wildman–Crippen LogP) is 1.54. The molecule has 1 aliphatic rings. The van der Waals surface area contributed by atoms with E-state index < -0.39 is 10.0 Å². The van der Waals surface area contributed by atoms with E-state index in [4.69, 9.17) is 0 Å². The summed E-state index contributed by atoms with van der Waals surface area (Å²) in [6.45, 7) is 6.97. The molecule has 1 aromatic carbocycles. The van der Waals surface area contributed by atoms with Gasteiger partial charge in [-0.1, -0.05) is 24.6 Å². The molecule has 0 saturated carbocycles. The van der Waals surface area contributed by atoms with E-state index in [0.29, 0.717) is 37.4 Å². The van der Waals surface area contributed by atoms with E-state index in [1.807, 2.05) is 13.8 Å². The fraction of sp³-hybridized carbons (Fsp3) is 0.588. The first kappa shape index (κ1) is 21.9. The highest BCUT2D eigenvalue weighted by Crippen LogP contribution is 2.24. The molecular formula is C17H28ClN3O3S. The van der Waals surface area contributed by atoms with E-state index in [9.17, 15) is 13.2 Å². The quantitative estimate of drug-likeness (QED) is 0.693. The van der Waals surface area contributed by atoms with Crippen molar-refractivity contribution in [2.75, 3.05) is 32.7 Å². The number of carbonyl (C=O) groups excluding carboxylic acids is 1. The Morgan fingerprint density at radius 1 is 1.16 bits per heavy atom. The number of rotatable bonds is 7. The van der Waals surface area contributed by atoms with Gasteiger partial charge in [-0.05, 0) is 38.4 Å². The Kier molecular flexibility index (Phi) is 8.85. The van der Waals surface area contributed by atoms with E-state index in [1.165, 1.54) is 4.31 Å². The fourth-order valence-corrected chi connectivity index (χ4v) is 4.28. The Morgan fingerprint density at radius 3 is 2.32 bits per heavy atom. The molecule has 1 amide bonds. The van der Waals surface area contributed by atoms with Gasteiger partial charge in [0.1, 0.15) is 0 Å². The summed E-state index contributed by atoms with van der Waals surface area (Å²) in [6, 6.07) is 6.89. The molecule has 8 heteroatoms. The molecule has 0 radical (unpaired) electrons. The number of nitrogens with zero attached hydrogens (tertiary/aromatic N) is 1. The highest BCUT2D eigenvalue weighted by Gasteiger charge is 2.31. The number of hydrogen-bond donors (Lipinski definition) is 2. The van der Waals surface area contributed by atoms with Crippen LogP contribution in [0.2, 0.25) is 0 Å². The van der Waals surface area contributed by atoms with Gasteiger partial charge in [0.2, 0.25) is 15.9 Å². The van der Waals surface area contributed by atoms with Gasteiger partial charge in [0.25, 0.3) is 0 Å². The molecule has 2 rings (SSSR count). The van der Waals surface area contributed by atoms with Crippen LogP contribution in [0.5, 0.6) is 0 Å². The van der Waals surface area contributed by atoms with E-state index in [0.717, 1.165) is 18.7 Å². The largest absolute Gasteiger partial charge is 0.355 e. The summed E-state index contributed by atoms with van der Waals surface area (Å²) in [5.74, 6) is -0.0728. The molecule has 0 spiro atoms. The highest BCUT2D eigenvalue weighted by molar-refractivity contribution is 7.89. The molecule has 0 bridgehead atoms. The zero-order chi connectivity index (χ0) is 17.6. The lowest BCUT2D eigenvalue weighted by Crippen LogP contribution is -2.44. The van der Waals surface area contributed by atoms with Gasteiger partial charge >= 0.3 is 0 Å². The van der Waals surface area contributed by atoms with Crippen molar-refractivity contribution in [2.45, 2.75) is 31.6 Å². The minimum atomic E-state index is -3.46. The van der Waals surface area contributed by atoms with Crippen LogP contribution in [-0.4, -0.2) is 51.4 Å². The van der Waals surface area contributed by atoms with Crippen molar-refractivity contribution in [3.63, 3.8) is 0 Å². The summed E-state index contributed by atoms with van der Waals surface area (Å²) in [5.41, 5.74) is 1.03. The fourth-order valence-electron chi connectivity index (χ4n) is 2.81. The lowest BCUT2D eigenvalue weighted by Gasteiger charge is -2.30. The van der Waals surface area contributed by atoms with E-state index in [1.54, 1.807) is 24.3 Å². The second-order valence-electron chi connectivity index (χ2n) is 6.14. The average Bonchev–Trinajstić information content (AvgIpc) is 2.59. The standard InChI is InChI=1S/C17H27N3O3S.ClH/c1-3-18-10-11-19-17(21)15-8-12-20(13-9-15)24(22,23)16-6-4-14(2)5-7-16;/h4-7,15,18H,3,8-13H2,1-2H3,(H,19,21);1H. The Hall–Kier alpha value is -1.15. The molecule has 1 aliphatic heterocycles. The maximum Gasteiger partial charge on any atom is 0.243 e. The molecule has 0 atom stereocenters. The zero-order valence-corrected chi connectivity index (χ0v) is 16.5. The first-order valence-electron chi connectivity index (χ1n) is 8.50. The lowest BCUT2D eigenvalue weighted by atomic mass is 9.97. The molecule has 1 saturated heterocycles. The molecule has 1 aromatic rings. The number of amides is 1. The minimum Gasteiger partial charge on any atom is -0.355 e. The number of benzene rings is 1. The summed E-state index contributed by atoms with van der Waals surface area (Å²) in [6.07, 6.45) is 1.14. The van der Waals surface area contributed by atoms with E-state index in [-0.39, 0.29) is 24.2 Å². The summed E-state index contributed by atoms with van der Waals surface area (Å²) >= 11 is 0. The maximum atomic E-state index is 12.6. The van der Waals surface area contributed by atoms with Crippen molar-refractivity contribution in [1.82, 2.24) is 14.9 Å². The SMILES string of the molecule is CCNCCNC(=O)C1CCN(S(=O)(=O)c2ccc(C)cc2)CC1.Cl. The topological polar surface area (TPSA) is 78.5 Å². The van der Waals surface area contributed by atoms with Gasteiger partial charge in [-0.3, -0.25) is 4.79 Å². The number of piperidine rings is 1. The van der Waals surface area contributed by atoms with Crippen LogP contribution in [-0.2, 0) is 14.8 Å². The van der Waals surface area contributed by atoms with Crippen LogP contribution in [0.4, 0.5) is 0 Å². The van der Waals surface area contributed by atoms with Crippen LogP contribution in [0, 0.1) is 12.8 Å².